The van der Waals surface area contributed by atoms with Gasteiger partial charge in [0.05, 0.1) is 4.90 Å². The summed E-state index contributed by atoms with van der Waals surface area (Å²) in [4.78, 5) is 28.3. The number of amides is 2. The highest BCUT2D eigenvalue weighted by Crippen LogP contribution is 2.45. The van der Waals surface area contributed by atoms with Crippen molar-refractivity contribution in [3.8, 4) is 0 Å². The fraction of sp³-hybridized carbons (Fsp3) is 0.440. The summed E-state index contributed by atoms with van der Waals surface area (Å²) in [5.41, 5.74) is -0.709. The van der Waals surface area contributed by atoms with Gasteiger partial charge in [-0.05, 0) is 73.8 Å². The van der Waals surface area contributed by atoms with Gasteiger partial charge in [0.2, 0.25) is 5.91 Å². The average molecular weight is 524 g/mol. The first-order valence-corrected chi connectivity index (χ1v) is 13.5. The van der Waals surface area contributed by atoms with E-state index in [4.69, 9.17) is 0 Å². The third-order valence-corrected chi connectivity index (χ3v) is 8.26. The summed E-state index contributed by atoms with van der Waals surface area (Å²) in [6.45, 7) is 3.28. The van der Waals surface area contributed by atoms with Crippen LogP contribution in [-0.2, 0) is 31.5 Å². The second-order valence-corrected chi connectivity index (χ2v) is 11.5. The highest BCUT2D eigenvalue weighted by molar-refractivity contribution is 7.90. The van der Waals surface area contributed by atoms with Crippen molar-refractivity contribution in [3.63, 3.8) is 0 Å². The summed E-state index contributed by atoms with van der Waals surface area (Å²) < 4.78 is 66.2. The van der Waals surface area contributed by atoms with Gasteiger partial charge < -0.3 is 10.2 Å². The molecule has 7 nitrogen and oxygen atoms in total. The number of carbonyl (C=O) groups excluding carboxylic acids is 2. The second kappa shape index (κ2) is 9.19. The van der Waals surface area contributed by atoms with Crippen molar-refractivity contribution < 1.29 is 31.2 Å². The number of hydrogen-bond acceptors (Lipinski definition) is 5. The Bertz CT molecular complexity index is 1290. The number of benzene rings is 2. The lowest BCUT2D eigenvalue weighted by Crippen LogP contribution is -2.53. The van der Waals surface area contributed by atoms with Gasteiger partial charge in [-0.3, -0.25) is 14.5 Å². The molecule has 1 fully saturated rings. The highest BCUT2D eigenvalue weighted by Gasteiger charge is 2.56. The smallest absolute Gasteiger partial charge is 0.324 e. The van der Waals surface area contributed by atoms with Crippen molar-refractivity contribution in [2.75, 3.05) is 24.7 Å². The number of halogens is 3. The van der Waals surface area contributed by atoms with Crippen molar-refractivity contribution in [1.29, 1.82) is 0 Å². The molecule has 1 N–H and O–H groups in total. The van der Waals surface area contributed by atoms with E-state index in [-0.39, 0.29) is 22.9 Å². The number of fused-ring (bicyclic) bond motifs is 1. The number of rotatable bonds is 5. The van der Waals surface area contributed by atoms with Gasteiger partial charge in [0, 0.05) is 25.4 Å². The van der Waals surface area contributed by atoms with Gasteiger partial charge in [0.15, 0.2) is 9.84 Å². The Hall–Kier alpha value is -2.92. The van der Waals surface area contributed by atoms with Crippen LogP contribution in [0, 0.1) is 0 Å². The van der Waals surface area contributed by atoms with Crippen LogP contribution in [0.3, 0.4) is 0 Å². The molecule has 2 aliphatic heterocycles. The summed E-state index contributed by atoms with van der Waals surface area (Å²) in [6, 6.07) is 8.96. The summed E-state index contributed by atoms with van der Waals surface area (Å²) in [7, 11) is -3.47. The fourth-order valence-corrected chi connectivity index (χ4v) is 5.69. The molecule has 11 heteroatoms. The van der Waals surface area contributed by atoms with Crippen LogP contribution in [0.1, 0.15) is 49.4 Å². The number of anilines is 1. The van der Waals surface area contributed by atoms with Crippen LogP contribution in [-0.4, -0.2) is 55.6 Å². The van der Waals surface area contributed by atoms with Crippen LogP contribution in [0.2, 0.25) is 0 Å². The predicted octanol–water partition coefficient (Wildman–Crippen LogP) is 4.01. The molecule has 2 aliphatic rings. The maximum Gasteiger partial charge on any atom is 0.410 e. The normalized spacial score (nSPS) is 20.2. The molecule has 0 aromatic heterocycles. The molecule has 194 valence electrons. The molecule has 0 spiro atoms. The molecule has 2 atom stereocenters. The Labute approximate surface area is 208 Å². The lowest BCUT2D eigenvalue weighted by molar-refractivity contribution is -0.228. The molecule has 0 bridgehead atoms. The zero-order valence-corrected chi connectivity index (χ0v) is 21.0. The first-order valence-electron chi connectivity index (χ1n) is 11.6. The molecule has 2 heterocycles. The number of carbonyl (C=O) groups is 2. The van der Waals surface area contributed by atoms with E-state index < -0.39 is 33.5 Å². The number of sulfone groups is 1. The van der Waals surface area contributed by atoms with E-state index >= 15 is 0 Å². The summed E-state index contributed by atoms with van der Waals surface area (Å²) in [5, 5.41) is 2.70. The van der Waals surface area contributed by atoms with E-state index in [1.54, 1.807) is 0 Å². The second-order valence-electron chi connectivity index (χ2n) is 9.51. The molecule has 2 aromatic rings. The molecule has 2 aromatic carbocycles. The first kappa shape index (κ1) is 26.2. The van der Waals surface area contributed by atoms with Crippen LogP contribution in [0.5, 0.6) is 0 Å². The van der Waals surface area contributed by atoms with Crippen LogP contribution in [0.4, 0.5) is 18.9 Å². The van der Waals surface area contributed by atoms with Crippen molar-refractivity contribution in [2.24, 2.45) is 0 Å². The monoisotopic (exact) mass is 523 g/mol. The third-order valence-electron chi connectivity index (χ3n) is 7.15. The zero-order valence-electron chi connectivity index (χ0n) is 20.2. The molecule has 2 unspecified atom stereocenters. The van der Waals surface area contributed by atoms with Crippen LogP contribution in [0.15, 0.2) is 47.4 Å². The fourth-order valence-electron chi connectivity index (χ4n) is 5.01. The number of nitrogens with one attached hydrogen (secondary N) is 1. The predicted molar refractivity (Wildman–Crippen MR) is 128 cm³/mol. The SMILES string of the molecule is CC(=O)N1Cc2cc(S(C)(=O)=O)ccc2C1C(=O)Nc1ccc(C(C)(N2CCCC2)C(F)(F)F)cc1. The average Bonchev–Trinajstić information content (AvgIpc) is 3.45. The van der Waals surface area contributed by atoms with Gasteiger partial charge in [0.1, 0.15) is 11.6 Å². The van der Waals surface area contributed by atoms with Crippen molar-refractivity contribution in [3.05, 3.63) is 59.2 Å². The Morgan fingerprint density at radius 3 is 2.17 bits per heavy atom. The van der Waals surface area contributed by atoms with Gasteiger partial charge in [-0.25, -0.2) is 8.42 Å². The van der Waals surface area contributed by atoms with E-state index in [0.29, 0.717) is 42.7 Å². The largest absolute Gasteiger partial charge is 0.410 e. The van der Waals surface area contributed by atoms with E-state index in [9.17, 15) is 31.2 Å². The minimum atomic E-state index is -4.48. The van der Waals surface area contributed by atoms with E-state index in [1.165, 1.54) is 66.1 Å². The lowest BCUT2D eigenvalue weighted by Gasteiger charge is -2.40. The van der Waals surface area contributed by atoms with Crippen molar-refractivity contribution in [1.82, 2.24) is 9.80 Å². The third kappa shape index (κ3) is 4.61. The molecular formula is C25H28F3N3O4S. The molecule has 0 aliphatic carbocycles. The van der Waals surface area contributed by atoms with E-state index in [0.717, 1.165) is 6.26 Å². The summed E-state index contributed by atoms with van der Waals surface area (Å²) in [6.07, 6.45) is -1.99. The van der Waals surface area contributed by atoms with E-state index in [1.807, 2.05) is 0 Å². The Balaban J connectivity index is 1.60. The number of likely N-dealkylation sites (tertiary alicyclic amines) is 1. The van der Waals surface area contributed by atoms with Crippen LogP contribution >= 0.6 is 0 Å². The standard InChI is InChI=1S/C25H28F3N3O4S/c1-16(32)31-15-17-14-20(36(3,34)35)10-11-21(17)22(31)23(33)29-19-8-6-18(7-9-19)24(2,25(26,27)28)30-12-4-5-13-30/h6-11,14,22H,4-5,12-13,15H2,1-3H3,(H,29,33). The molecule has 2 amide bonds. The lowest BCUT2D eigenvalue weighted by atomic mass is 9.89. The first-order chi connectivity index (χ1) is 16.7. The van der Waals surface area contributed by atoms with Crippen molar-refractivity contribution >= 4 is 27.3 Å². The molecule has 0 saturated carbocycles. The van der Waals surface area contributed by atoms with Gasteiger partial charge in [-0.1, -0.05) is 18.2 Å². The van der Waals surface area contributed by atoms with Gasteiger partial charge in [0.25, 0.3) is 5.91 Å². The number of alkyl halides is 3. The Morgan fingerprint density at radius 2 is 1.64 bits per heavy atom. The minimum absolute atomic E-state index is 0.0742. The number of nitrogens with zero attached hydrogens (tertiary/aromatic N) is 2. The Kier molecular flexibility index (Phi) is 6.67. The Morgan fingerprint density at radius 1 is 1.03 bits per heavy atom. The van der Waals surface area contributed by atoms with Crippen LogP contribution in [0.25, 0.3) is 0 Å². The zero-order chi connectivity index (χ0) is 26.5. The van der Waals surface area contributed by atoms with E-state index in [2.05, 4.69) is 5.32 Å². The highest BCUT2D eigenvalue weighted by atomic mass is 32.2. The molecule has 0 radical (unpaired) electrons. The molecule has 4 rings (SSSR count). The van der Waals surface area contributed by atoms with Gasteiger partial charge in [-0.2, -0.15) is 13.2 Å². The number of hydrogen-bond donors (Lipinski definition) is 1. The van der Waals surface area contributed by atoms with Gasteiger partial charge in [-0.15, -0.1) is 0 Å². The summed E-state index contributed by atoms with van der Waals surface area (Å²) >= 11 is 0. The molecule has 36 heavy (non-hydrogen) atoms. The molecular weight excluding hydrogens is 495 g/mol. The maximum atomic E-state index is 14.1. The topological polar surface area (TPSA) is 86.8 Å². The minimum Gasteiger partial charge on any atom is -0.324 e. The van der Waals surface area contributed by atoms with Crippen molar-refractivity contribution in [2.45, 2.75) is 55.9 Å². The summed E-state index contributed by atoms with van der Waals surface area (Å²) in [5.74, 6) is -0.906. The van der Waals surface area contributed by atoms with Gasteiger partial charge >= 0.3 is 6.18 Å². The molecule has 1 saturated heterocycles. The maximum absolute atomic E-state index is 14.1. The van der Waals surface area contributed by atoms with Crippen LogP contribution < -0.4 is 5.32 Å². The quantitative estimate of drug-likeness (QED) is 0.640.